The minimum atomic E-state index is -0.949. The van der Waals surface area contributed by atoms with Crippen LogP contribution < -0.4 is 5.32 Å². The maximum absolute atomic E-state index is 12.6. The Balaban J connectivity index is 2.02. The predicted octanol–water partition coefficient (Wildman–Crippen LogP) is 2.43. The number of carbonyl (C=O) groups excluding carboxylic acids is 2. The van der Waals surface area contributed by atoms with Crippen molar-refractivity contribution in [3.05, 3.63) is 35.4 Å². The van der Waals surface area contributed by atoms with Crippen LogP contribution >= 0.6 is 0 Å². The Morgan fingerprint density at radius 2 is 1.80 bits per heavy atom. The molecular formula is C19H26N2O4. The van der Waals surface area contributed by atoms with E-state index in [2.05, 4.69) is 5.32 Å². The topological polar surface area (TPSA) is 86.7 Å². The van der Waals surface area contributed by atoms with Gasteiger partial charge in [-0.05, 0) is 37.0 Å². The third kappa shape index (κ3) is 4.81. The summed E-state index contributed by atoms with van der Waals surface area (Å²) in [5.74, 6) is -1.24. The highest BCUT2D eigenvalue weighted by Crippen LogP contribution is 2.20. The Morgan fingerprint density at radius 3 is 2.36 bits per heavy atom. The number of likely N-dealkylation sites (tertiary alicyclic amines) is 1. The molecule has 1 aliphatic heterocycles. The zero-order chi connectivity index (χ0) is 18.6. The van der Waals surface area contributed by atoms with Crippen LogP contribution in [0.15, 0.2) is 24.3 Å². The van der Waals surface area contributed by atoms with Crippen molar-refractivity contribution in [2.75, 3.05) is 6.54 Å². The van der Waals surface area contributed by atoms with Gasteiger partial charge in [0, 0.05) is 24.1 Å². The average molecular weight is 346 g/mol. The molecule has 0 bridgehead atoms. The lowest BCUT2D eigenvalue weighted by Gasteiger charge is -2.33. The Morgan fingerprint density at radius 1 is 1.16 bits per heavy atom. The van der Waals surface area contributed by atoms with Crippen molar-refractivity contribution in [3.8, 4) is 0 Å². The summed E-state index contributed by atoms with van der Waals surface area (Å²) in [5.41, 5.74) is 0.914. The third-order valence-electron chi connectivity index (χ3n) is 4.38. The van der Waals surface area contributed by atoms with E-state index in [1.54, 1.807) is 24.3 Å². The predicted molar refractivity (Wildman–Crippen MR) is 94.1 cm³/mol. The molecule has 1 saturated heterocycles. The van der Waals surface area contributed by atoms with Crippen LogP contribution in [0.1, 0.15) is 56.0 Å². The largest absolute Gasteiger partial charge is 0.480 e. The fourth-order valence-electron chi connectivity index (χ4n) is 2.81. The highest BCUT2D eigenvalue weighted by Gasteiger charge is 2.32. The fraction of sp³-hybridized carbons (Fsp3) is 0.526. The normalized spacial score (nSPS) is 17.9. The van der Waals surface area contributed by atoms with Crippen molar-refractivity contribution in [1.29, 1.82) is 0 Å². The maximum atomic E-state index is 12.6. The molecule has 2 rings (SSSR count). The van der Waals surface area contributed by atoms with Gasteiger partial charge < -0.3 is 15.3 Å². The van der Waals surface area contributed by atoms with E-state index in [1.807, 2.05) is 20.8 Å². The zero-order valence-electron chi connectivity index (χ0n) is 15.0. The number of nitrogens with zero attached hydrogens (tertiary/aromatic N) is 1. The van der Waals surface area contributed by atoms with E-state index >= 15 is 0 Å². The smallest absolute Gasteiger partial charge is 0.326 e. The van der Waals surface area contributed by atoms with E-state index < -0.39 is 17.4 Å². The van der Waals surface area contributed by atoms with Crippen molar-refractivity contribution >= 4 is 17.8 Å². The molecule has 0 radical (unpaired) electrons. The van der Waals surface area contributed by atoms with Gasteiger partial charge >= 0.3 is 5.97 Å². The van der Waals surface area contributed by atoms with Gasteiger partial charge in [0.2, 0.25) is 5.91 Å². The lowest BCUT2D eigenvalue weighted by Crippen LogP contribution is -2.47. The van der Waals surface area contributed by atoms with Gasteiger partial charge in [0.15, 0.2) is 0 Å². The van der Waals surface area contributed by atoms with Gasteiger partial charge in [0.05, 0.1) is 0 Å². The molecule has 0 saturated carbocycles. The number of amides is 2. The first-order valence-corrected chi connectivity index (χ1v) is 8.61. The van der Waals surface area contributed by atoms with E-state index in [0.29, 0.717) is 25.1 Å². The second kappa shape index (κ2) is 7.68. The number of nitrogens with one attached hydrogen (secondary N) is 1. The van der Waals surface area contributed by atoms with Crippen molar-refractivity contribution < 1.29 is 19.5 Å². The van der Waals surface area contributed by atoms with Gasteiger partial charge in [0.1, 0.15) is 6.04 Å². The number of aliphatic carboxylic acids is 1. The number of hydrogen-bond donors (Lipinski definition) is 2. The van der Waals surface area contributed by atoms with E-state index in [0.717, 1.165) is 18.4 Å². The molecule has 0 aliphatic carbocycles. The molecule has 6 nitrogen and oxygen atoms in total. The number of piperidine rings is 1. The van der Waals surface area contributed by atoms with Crippen molar-refractivity contribution in [1.82, 2.24) is 10.2 Å². The number of hydrogen-bond acceptors (Lipinski definition) is 3. The molecule has 6 heteroatoms. The van der Waals surface area contributed by atoms with Crippen LogP contribution in [0.2, 0.25) is 0 Å². The van der Waals surface area contributed by atoms with Gasteiger partial charge in [-0.25, -0.2) is 4.79 Å². The third-order valence-corrected chi connectivity index (χ3v) is 4.38. The highest BCUT2D eigenvalue weighted by molar-refractivity contribution is 5.96. The van der Waals surface area contributed by atoms with Crippen molar-refractivity contribution in [3.63, 3.8) is 0 Å². The first-order chi connectivity index (χ1) is 11.7. The summed E-state index contributed by atoms with van der Waals surface area (Å²) in [7, 11) is 0. The zero-order valence-corrected chi connectivity index (χ0v) is 15.0. The molecule has 1 atom stereocenters. The molecule has 2 N–H and O–H groups in total. The SMILES string of the molecule is CC(C)(C)C(=O)NCc1ccc(C(=O)N2CCCCC2C(=O)O)cc1. The summed E-state index contributed by atoms with van der Waals surface area (Å²) in [4.78, 5) is 37.3. The molecule has 1 unspecified atom stereocenters. The monoisotopic (exact) mass is 346 g/mol. The van der Waals surface area contributed by atoms with Crippen LogP contribution in [0, 0.1) is 5.41 Å². The number of benzene rings is 1. The first-order valence-electron chi connectivity index (χ1n) is 8.61. The molecule has 2 amide bonds. The standard InChI is InChI=1S/C19H26N2O4/c1-19(2,3)18(25)20-12-13-7-9-14(10-8-13)16(22)21-11-5-4-6-15(21)17(23)24/h7-10,15H,4-6,11-12H2,1-3H3,(H,20,25)(H,23,24). The van der Waals surface area contributed by atoms with E-state index in [1.165, 1.54) is 4.90 Å². The number of rotatable bonds is 4. The molecule has 0 aromatic heterocycles. The summed E-state index contributed by atoms with van der Waals surface area (Å²) in [5, 5.41) is 12.2. The Hall–Kier alpha value is -2.37. The number of carboxylic acid groups (broad SMARTS) is 1. The quantitative estimate of drug-likeness (QED) is 0.876. The molecule has 0 spiro atoms. The van der Waals surface area contributed by atoms with Crippen LogP contribution in [0.25, 0.3) is 0 Å². The van der Waals surface area contributed by atoms with Gasteiger partial charge in [-0.2, -0.15) is 0 Å². The van der Waals surface area contributed by atoms with Crippen LogP contribution in [0.5, 0.6) is 0 Å². The van der Waals surface area contributed by atoms with Gasteiger partial charge in [-0.1, -0.05) is 32.9 Å². The summed E-state index contributed by atoms with van der Waals surface area (Å²) < 4.78 is 0. The maximum Gasteiger partial charge on any atom is 0.326 e. The minimum absolute atomic E-state index is 0.0368. The minimum Gasteiger partial charge on any atom is -0.480 e. The Kier molecular flexibility index (Phi) is 5.82. The van der Waals surface area contributed by atoms with Crippen molar-refractivity contribution in [2.24, 2.45) is 5.41 Å². The van der Waals surface area contributed by atoms with E-state index in [4.69, 9.17) is 0 Å². The number of carbonyl (C=O) groups is 3. The molecule has 1 aromatic rings. The molecule has 136 valence electrons. The van der Waals surface area contributed by atoms with Gasteiger partial charge in [-0.3, -0.25) is 9.59 Å². The van der Waals surface area contributed by atoms with E-state index in [9.17, 15) is 19.5 Å². The molecular weight excluding hydrogens is 320 g/mol. The molecule has 1 heterocycles. The molecule has 1 aliphatic rings. The second-order valence-corrected chi connectivity index (χ2v) is 7.48. The average Bonchev–Trinajstić information content (AvgIpc) is 2.58. The van der Waals surface area contributed by atoms with Crippen LogP contribution in [0.3, 0.4) is 0 Å². The molecule has 1 fully saturated rings. The van der Waals surface area contributed by atoms with Crippen molar-refractivity contribution in [2.45, 2.75) is 52.6 Å². The Labute approximate surface area is 148 Å². The lowest BCUT2D eigenvalue weighted by molar-refractivity contribution is -0.143. The summed E-state index contributed by atoms with van der Waals surface area (Å²) in [6, 6.07) is 6.21. The van der Waals surface area contributed by atoms with Crippen LogP contribution in [-0.2, 0) is 16.1 Å². The first kappa shape index (κ1) is 19.0. The van der Waals surface area contributed by atoms with E-state index in [-0.39, 0.29) is 11.8 Å². The Bertz CT molecular complexity index is 646. The molecule has 25 heavy (non-hydrogen) atoms. The summed E-state index contributed by atoms with van der Waals surface area (Å²) in [6.45, 7) is 6.41. The van der Waals surface area contributed by atoms with Gasteiger partial charge in [0.25, 0.3) is 5.91 Å². The lowest BCUT2D eigenvalue weighted by atomic mass is 9.95. The summed E-state index contributed by atoms with van der Waals surface area (Å²) in [6.07, 6.45) is 2.15. The second-order valence-electron chi connectivity index (χ2n) is 7.48. The number of carboxylic acids is 1. The van der Waals surface area contributed by atoms with Crippen LogP contribution in [0.4, 0.5) is 0 Å². The fourth-order valence-corrected chi connectivity index (χ4v) is 2.81. The van der Waals surface area contributed by atoms with Gasteiger partial charge in [-0.15, -0.1) is 0 Å². The van der Waals surface area contributed by atoms with Crippen LogP contribution in [-0.4, -0.2) is 40.4 Å². The highest BCUT2D eigenvalue weighted by atomic mass is 16.4. The molecule has 1 aromatic carbocycles. The summed E-state index contributed by atoms with van der Waals surface area (Å²) >= 11 is 0.